The lowest BCUT2D eigenvalue weighted by Gasteiger charge is -2.13. The Balaban J connectivity index is 0.00000208. The van der Waals surface area contributed by atoms with E-state index >= 15 is 0 Å². The Labute approximate surface area is 149 Å². The molecule has 1 aromatic rings. The molecule has 1 saturated heterocycles. The van der Waals surface area contributed by atoms with Crippen LogP contribution >= 0.6 is 12.4 Å². The number of carbonyl (C=O) groups is 2. The molecule has 1 unspecified atom stereocenters. The van der Waals surface area contributed by atoms with Gasteiger partial charge >= 0.3 is 0 Å². The summed E-state index contributed by atoms with van der Waals surface area (Å²) in [5.41, 5.74) is 1.81. The Morgan fingerprint density at radius 1 is 1.08 bits per heavy atom. The van der Waals surface area contributed by atoms with Gasteiger partial charge in [0.15, 0.2) is 0 Å². The first-order chi connectivity index (χ1) is 11.2. The summed E-state index contributed by atoms with van der Waals surface area (Å²) in [4.78, 5) is 24.2. The second kappa shape index (κ2) is 9.04. The Morgan fingerprint density at radius 2 is 1.88 bits per heavy atom. The topological polar surface area (TPSA) is 70.2 Å². The highest BCUT2D eigenvalue weighted by Crippen LogP contribution is 2.26. The van der Waals surface area contributed by atoms with Crippen LogP contribution in [0.2, 0.25) is 0 Å². The summed E-state index contributed by atoms with van der Waals surface area (Å²) in [6.45, 7) is 1.41. The predicted octanol–water partition coefficient (Wildman–Crippen LogP) is 2.61. The molecule has 6 heteroatoms. The van der Waals surface area contributed by atoms with Crippen LogP contribution in [0.1, 0.15) is 44.1 Å². The molecule has 3 rings (SSSR count). The molecule has 1 atom stereocenters. The largest absolute Gasteiger partial charge is 0.351 e. The fourth-order valence-electron chi connectivity index (χ4n) is 3.41. The third kappa shape index (κ3) is 4.95. The normalized spacial score (nSPS) is 20.4. The van der Waals surface area contributed by atoms with Crippen molar-refractivity contribution in [2.75, 3.05) is 11.9 Å². The van der Waals surface area contributed by atoms with Gasteiger partial charge in [-0.05, 0) is 49.9 Å². The highest BCUT2D eigenvalue weighted by molar-refractivity contribution is 5.92. The monoisotopic (exact) mass is 351 g/mol. The smallest absolute Gasteiger partial charge is 0.237 e. The summed E-state index contributed by atoms with van der Waals surface area (Å²) in [5.74, 6) is 0.341. The first-order valence-corrected chi connectivity index (χ1v) is 8.63. The number of amides is 2. The zero-order valence-electron chi connectivity index (χ0n) is 13.8. The molecule has 2 fully saturated rings. The average molecular weight is 352 g/mol. The molecule has 24 heavy (non-hydrogen) atoms. The van der Waals surface area contributed by atoms with Crippen LogP contribution in [-0.2, 0) is 16.1 Å². The molecule has 132 valence electrons. The van der Waals surface area contributed by atoms with Crippen molar-refractivity contribution < 1.29 is 9.59 Å². The van der Waals surface area contributed by atoms with Gasteiger partial charge in [0, 0.05) is 18.2 Å². The number of benzene rings is 1. The molecule has 0 aromatic heterocycles. The zero-order chi connectivity index (χ0) is 16.1. The van der Waals surface area contributed by atoms with Gasteiger partial charge in [0.25, 0.3) is 0 Å². The summed E-state index contributed by atoms with van der Waals surface area (Å²) < 4.78 is 0. The number of hydrogen-bond acceptors (Lipinski definition) is 3. The van der Waals surface area contributed by atoms with E-state index in [2.05, 4.69) is 16.0 Å². The Kier molecular flexibility index (Phi) is 7.06. The van der Waals surface area contributed by atoms with Gasteiger partial charge in [-0.15, -0.1) is 12.4 Å². The number of carbonyl (C=O) groups excluding carboxylic acids is 2. The molecule has 0 spiro atoms. The highest BCUT2D eigenvalue weighted by Gasteiger charge is 2.23. The van der Waals surface area contributed by atoms with E-state index in [1.54, 1.807) is 0 Å². The quantitative estimate of drug-likeness (QED) is 0.763. The van der Waals surface area contributed by atoms with Gasteiger partial charge in [0.2, 0.25) is 11.8 Å². The number of halogens is 1. The average Bonchev–Trinajstić information content (AvgIpc) is 3.25. The van der Waals surface area contributed by atoms with Gasteiger partial charge in [0.05, 0.1) is 6.04 Å². The van der Waals surface area contributed by atoms with Crippen molar-refractivity contribution in [3.63, 3.8) is 0 Å². The fraction of sp³-hybridized carbons (Fsp3) is 0.556. The van der Waals surface area contributed by atoms with Crippen molar-refractivity contribution in [2.45, 2.75) is 51.1 Å². The third-order valence-electron chi connectivity index (χ3n) is 4.76. The Hall–Kier alpha value is -1.59. The van der Waals surface area contributed by atoms with E-state index in [0.29, 0.717) is 6.54 Å². The molecule has 2 aliphatic rings. The molecular weight excluding hydrogens is 326 g/mol. The summed E-state index contributed by atoms with van der Waals surface area (Å²) in [6, 6.07) is 7.67. The number of rotatable bonds is 5. The summed E-state index contributed by atoms with van der Waals surface area (Å²) in [6.07, 6.45) is 6.26. The van der Waals surface area contributed by atoms with E-state index in [1.165, 1.54) is 0 Å². The summed E-state index contributed by atoms with van der Waals surface area (Å²) in [7, 11) is 0. The van der Waals surface area contributed by atoms with Crippen molar-refractivity contribution in [1.29, 1.82) is 0 Å². The molecule has 1 heterocycles. The lowest BCUT2D eigenvalue weighted by atomic mass is 10.1. The Bertz CT molecular complexity index is 567. The molecule has 1 saturated carbocycles. The van der Waals surface area contributed by atoms with E-state index in [-0.39, 0.29) is 36.2 Å². The predicted molar refractivity (Wildman–Crippen MR) is 97.1 cm³/mol. The van der Waals surface area contributed by atoms with Crippen LogP contribution in [-0.4, -0.2) is 24.4 Å². The number of anilines is 1. The van der Waals surface area contributed by atoms with Gasteiger partial charge in [-0.25, -0.2) is 0 Å². The molecule has 0 radical (unpaired) electrons. The SMILES string of the molecule is Cl.O=C(Nc1cccc(CNC(=O)C2CCCN2)c1)C1CCCC1. The number of nitrogens with one attached hydrogen (secondary N) is 3. The number of hydrogen-bond donors (Lipinski definition) is 3. The van der Waals surface area contributed by atoms with E-state index in [4.69, 9.17) is 0 Å². The molecule has 5 nitrogen and oxygen atoms in total. The third-order valence-corrected chi connectivity index (χ3v) is 4.76. The molecule has 1 aromatic carbocycles. The molecule has 3 N–H and O–H groups in total. The lowest BCUT2D eigenvalue weighted by molar-refractivity contribution is -0.123. The van der Waals surface area contributed by atoms with E-state index < -0.39 is 0 Å². The van der Waals surface area contributed by atoms with Gasteiger partial charge in [0.1, 0.15) is 0 Å². The lowest BCUT2D eigenvalue weighted by Crippen LogP contribution is -2.40. The van der Waals surface area contributed by atoms with Gasteiger partial charge in [-0.1, -0.05) is 25.0 Å². The minimum absolute atomic E-state index is 0. The van der Waals surface area contributed by atoms with E-state index in [1.807, 2.05) is 24.3 Å². The molecule has 1 aliphatic heterocycles. The summed E-state index contributed by atoms with van der Waals surface area (Å²) in [5, 5.41) is 9.16. The first-order valence-electron chi connectivity index (χ1n) is 8.63. The van der Waals surface area contributed by atoms with Crippen LogP contribution in [0.4, 0.5) is 5.69 Å². The minimum Gasteiger partial charge on any atom is -0.351 e. The Morgan fingerprint density at radius 3 is 2.58 bits per heavy atom. The standard InChI is InChI=1S/C18H25N3O2.ClH/c22-17(14-6-1-2-7-14)21-15-8-3-5-13(11-15)12-20-18(23)16-9-4-10-19-16;/h3,5,8,11,14,16,19H,1-2,4,6-7,9-10,12H2,(H,20,23)(H,21,22);1H. The maximum absolute atomic E-state index is 12.2. The van der Waals surface area contributed by atoms with Crippen LogP contribution in [0, 0.1) is 5.92 Å². The molecule has 2 amide bonds. The maximum atomic E-state index is 12.2. The second-order valence-corrected chi connectivity index (χ2v) is 6.54. The van der Waals surface area contributed by atoms with Crippen LogP contribution in [0.5, 0.6) is 0 Å². The molecule has 1 aliphatic carbocycles. The van der Waals surface area contributed by atoms with Crippen molar-refractivity contribution in [3.05, 3.63) is 29.8 Å². The van der Waals surface area contributed by atoms with Gasteiger partial charge in [-0.3, -0.25) is 9.59 Å². The van der Waals surface area contributed by atoms with E-state index in [9.17, 15) is 9.59 Å². The van der Waals surface area contributed by atoms with Crippen molar-refractivity contribution >= 4 is 29.9 Å². The molecule has 0 bridgehead atoms. The van der Waals surface area contributed by atoms with Gasteiger partial charge < -0.3 is 16.0 Å². The van der Waals surface area contributed by atoms with Gasteiger partial charge in [-0.2, -0.15) is 0 Å². The second-order valence-electron chi connectivity index (χ2n) is 6.54. The van der Waals surface area contributed by atoms with Crippen molar-refractivity contribution in [2.24, 2.45) is 5.92 Å². The van der Waals surface area contributed by atoms with Crippen molar-refractivity contribution in [1.82, 2.24) is 10.6 Å². The van der Waals surface area contributed by atoms with Crippen LogP contribution in [0.3, 0.4) is 0 Å². The fourth-order valence-corrected chi connectivity index (χ4v) is 3.41. The van der Waals surface area contributed by atoms with Crippen LogP contribution in [0.25, 0.3) is 0 Å². The highest BCUT2D eigenvalue weighted by atomic mass is 35.5. The van der Waals surface area contributed by atoms with Crippen LogP contribution in [0.15, 0.2) is 24.3 Å². The van der Waals surface area contributed by atoms with Crippen molar-refractivity contribution in [3.8, 4) is 0 Å². The minimum atomic E-state index is -0.0553. The summed E-state index contributed by atoms with van der Waals surface area (Å²) >= 11 is 0. The maximum Gasteiger partial charge on any atom is 0.237 e. The zero-order valence-corrected chi connectivity index (χ0v) is 14.7. The van der Waals surface area contributed by atoms with Crippen LogP contribution < -0.4 is 16.0 Å². The van der Waals surface area contributed by atoms with E-state index in [0.717, 1.165) is 56.3 Å². The first kappa shape index (κ1) is 18.7. The molecular formula is C18H26ClN3O2.